The molecule has 35 heavy (non-hydrogen) atoms. The van der Waals surface area contributed by atoms with Gasteiger partial charge >= 0.3 is 5.97 Å². The molecule has 1 N–H and O–H groups in total. The third-order valence-electron chi connectivity index (χ3n) is 6.16. The average molecular weight is 470 g/mol. The number of aromatic nitrogens is 1. The molecule has 0 unspecified atom stereocenters. The first-order valence-corrected chi connectivity index (χ1v) is 11.8. The van der Waals surface area contributed by atoms with E-state index in [4.69, 9.17) is 10.00 Å². The van der Waals surface area contributed by atoms with E-state index in [1.807, 2.05) is 12.1 Å². The molecule has 7 heteroatoms. The number of rotatable bonds is 5. The number of nitrogens with zero attached hydrogens (tertiary/aromatic N) is 2. The molecule has 1 amide bonds. The van der Waals surface area contributed by atoms with Crippen LogP contribution in [0, 0.1) is 11.3 Å². The van der Waals surface area contributed by atoms with Crippen molar-refractivity contribution in [3.63, 3.8) is 0 Å². The lowest BCUT2D eigenvalue weighted by molar-refractivity contribution is -0.131. The van der Waals surface area contributed by atoms with Crippen molar-refractivity contribution in [2.45, 2.75) is 52.0 Å². The molecule has 0 saturated heterocycles. The average Bonchev–Trinajstić information content (AvgIpc) is 2.83. The van der Waals surface area contributed by atoms with Crippen molar-refractivity contribution in [2.24, 2.45) is 0 Å². The summed E-state index contributed by atoms with van der Waals surface area (Å²) in [6.45, 7) is 1.60. The van der Waals surface area contributed by atoms with Gasteiger partial charge in [-0.2, -0.15) is 5.26 Å². The number of hydrogen-bond acceptors (Lipinski definition) is 5. The van der Waals surface area contributed by atoms with Gasteiger partial charge in [0.05, 0.1) is 23.9 Å². The molecule has 0 fully saturated rings. The van der Waals surface area contributed by atoms with E-state index < -0.39 is 11.9 Å². The Labute approximate surface area is 204 Å². The number of nitriles is 1. The van der Waals surface area contributed by atoms with Crippen LogP contribution < -0.4 is 15.6 Å². The summed E-state index contributed by atoms with van der Waals surface area (Å²) in [7, 11) is 0. The van der Waals surface area contributed by atoms with Gasteiger partial charge in [-0.15, -0.1) is 0 Å². The number of pyridine rings is 1. The topological polar surface area (TPSA) is 101 Å². The number of amides is 1. The van der Waals surface area contributed by atoms with Crippen LogP contribution in [0.25, 0.3) is 0 Å². The minimum Gasteiger partial charge on any atom is -0.424 e. The van der Waals surface area contributed by atoms with E-state index in [0.29, 0.717) is 17.8 Å². The summed E-state index contributed by atoms with van der Waals surface area (Å²) < 4.78 is 6.90. The van der Waals surface area contributed by atoms with Gasteiger partial charge in [-0.25, -0.2) is 0 Å². The van der Waals surface area contributed by atoms with Crippen LogP contribution in [0.15, 0.2) is 59.4 Å². The van der Waals surface area contributed by atoms with Crippen LogP contribution in [0.3, 0.4) is 0 Å². The largest absolute Gasteiger partial charge is 0.424 e. The third-order valence-corrected chi connectivity index (χ3v) is 6.16. The van der Waals surface area contributed by atoms with Crippen molar-refractivity contribution in [1.29, 1.82) is 5.26 Å². The number of nitrogens with one attached hydrogen (secondary N) is 1. The van der Waals surface area contributed by atoms with E-state index in [1.165, 1.54) is 6.92 Å². The number of anilines is 1. The highest BCUT2D eigenvalue weighted by molar-refractivity contribution is 6.05. The van der Waals surface area contributed by atoms with Gasteiger partial charge in [0.2, 0.25) is 0 Å². The zero-order valence-electron chi connectivity index (χ0n) is 19.7. The van der Waals surface area contributed by atoms with Crippen molar-refractivity contribution in [2.75, 3.05) is 5.32 Å². The second-order valence-electron chi connectivity index (χ2n) is 8.69. The molecule has 0 aliphatic heterocycles. The van der Waals surface area contributed by atoms with Crippen LogP contribution in [-0.2, 0) is 24.2 Å². The molecule has 178 valence electrons. The first-order chi connectivity index (χ1) is 17.0. The number of aryl methyl sites for hydroxylation is 1. The Morgan fingerprint density at radius 3 is 2.46 bits per heavy atom. The van der Waals surface area contributed by atoms with E-state index in [0.717, 1.165) is 55.3 Å². The monoisotopic (exact) mass is 469 g/mol. The maximum Gasteiger partial charge on any atom is 0.308 e. The predicted molar refractivity (Wildman–Crippen MR) is 133 cm³/mol. The van der Waals surface area contributed by atoms with Crippen LogP contribution in [0.1, 0.15) is 65.3 Å². The summed E-state index contributed by atoms with van der Waals surface area (Å²) in [6, 6.07) is 17.6. The molecule has 0 saturated carbocycles. The number of benzene rings is 2. The van der Waals surface area contributed by atoms with Crippen molar-refractivity contribution in [1.82, 2.24) is 4.57 Å². The van der Waals surface area contributed by atoms with Crippen molar-refractivity contribution in [3.05, 3.63) is 92.9 Å². The molecule has 1 heterocycles. The summed E-state index contributed by atoms with van der Waals surface area (Å²) in [5, 5.41) is 11.8. The molecule has 0 atom stereocenters. The van der Waals surface area contributed by atoms with E-state index >= 15 is 0 Å². The van der Waals surface area contributed by atoms with Crippen molar-refractivity contribution >= 4 is 17.6 Å². The second kappa shape index (κ2) is 10.8. The van der Waals surface area contributed by atoms with Gasteiger partial charge in [0.1, 0.15) is 5.56 Å². The van der Waals surface area contributed by atoms with Gasteiger partial charge in [-0.1, -0.05) is 37.1 Å². The van der Waals surface area contributed by atoms with Gasteiger partial charge < -0.3 is 14.6 Å². The molecule has 1 aromatic heterocycles. The molecular formula is C28H27N3O4. The van der Waals surface area contributed by atoms with E-state index in [2.05, 4.69) is 11.4 Å². The number of hydrogen-bond donors (Lipinski definition) is 1. The Hall–Kier alpha value is -4.18. The number of esters is 1. The fourth-order valence-electron chi connectivity index (χ4n) is 4.43. The maximum atomic E-state index is 13.6. The number of para-hydroxylation sites is 2. The first kappa shape index (κ1) is 24.0. The fraction of sp³-hybridized carbons (Fsp3) is 0.286. The highest BCUT2D eigenvalue weighted by atomic mass is 16.5. The van der Waals surface area contributed by atoms with Crippen LogP contribution in [-0.4, -0.2) is 16.4 Å². The second-order valence-corrected chi connectivity index (χ2v) is 8.69. The SMILES string of the molecule is CC(=O)Oc1ccccc1NC(=O)c1cc2c(n(Cc3ccc(C#N)cc3)c1=O)CCCCCC2. The molecule has 2 aromatic carbocycles. The number of ether oxygens (including phenoxy) is 1. The van der Waals surface area contributed by atoms with E-state index in [9.17, 15) is 14.4 Å². The maximum absolute atomic E-state index is 13.6. The molecule has 0 spiro atoms. The molecule has 7 nitrogen and oxygen atoms in total. The molecule has 1 aliphatic rings. The number of carbonyl (C=O) groups excluding carboxylic acids is 2. The summed E-state index contributed by atoms with van der Waals surface area (Å²) in [5.41, 5.74) is 3.42. The Kier molecular flexibility index (Phi) is 7.41. The van der Waals surface area contributed by atoms with Gasteiger partial charge in [0, 0.05) is 12.6 Å². The normalized spacial score (nSPS) is 13.0. The third kappa shape index (κ3) is 5.67. The van der Waals surface area contributed by atoms with Gasteiger partial charge in [-0.05, 0) is 67.1 Å². The van der Waals surface area contributed by atoms with Gasteiger partial charge in [0.25, 0.3) is 11.5 Å². The minimum atomic E-state index is -0.548. The predicted octanol–water partition coefficient (Wildman–Crippen LogP) is 4.60. The Bertz CT molecular complexity index is 1350. The van der Waals surface area contributed by atoms with Crippen molar-refractivity contribution < 1.29 is 14.3 Å². The zero-order chi connectivity index (χ0) is 24.8. The molecule has 3 aromatic rings. The molecule has 1 aliphatic carbocycles. The Balaban J connectivity index is 1.74. The summed E-state index contributed by atoms with van der Waals surface area (Å²) in [6.07, 6.45) is 5.79. The molecular weight excluding hydrogens is 442 g/mol. The Morgan fingerprint density at radius 2 is 1.74 bits per heavy atom. The smallest absolute Gasteiger partial charge is 0.308 e. The highest BCUT2D eigenvalue weighted by Gasteiger charge is 2.21. The van der Waals surface area contributed by atoms with E-state index in [-0.39, 0.29) is 16.9 Å². The number of carbonyl (C=O) groups is 2. The van der Waals surface area contributed by atoms with Crippen LogP contribution in [0.2, 0.25) is 0 Å². The quantitative estimate of drug-likeness (QED) is 0.435. The summed E-state index contributed by atoms with van der Waals surface area (Å²) in [5.74, 6) is -0.830. The summed E-state index contributed by atoms with van der Waals surface area (Å²) >= 11 is 0. The van der Waals surface area contributed by atoms with Gasteiger partial charge in [0.15, 0.2) is 5.75 Å². The standard InChI is InChI=1S/C28H27N3O4/c1-19(32)35-26-11-7-6-9-24(26)30-27(33)23-16-22-8-4-2-3-5-10-25(22)31(28(23)34)18-21-14-12-20(17-29)13-15-21/h6-7,9,11-16H,2-5,8,10,18H2,1H3,(H,30,33). The minimum absolute atomic E-state index is 0.0515. The number of fused-ring (bicyclic) bond motifs is 1. The lowest BCUT2D eigenvalue weighted by Crippen LogP contribution is -2.33. The summed E-state index contributed by atoms with van der Waals surface area (Å²) in [4.78, 5) is 38.4. The zero-order valence-corrected chi connectivity index (χ0v) is 19.7. The molecule has 0 bridgehead atoms. The van der Waals surface area contributed by atoms with Gasteiger partial charge in [-0.3, -0.25) is 14.4 Å². The van der Waals surface area contributed by atoms with E-state index in [1.54, 1.807) is 47.0 Å². The van der Waals surface area contributed by atoms with Crippen LogP contribution in [0.4, 0.5) is 5.69 Å². The molecule has 0 radical (unpaired) electrons. The van der Waals surface area contributed by atoms with Crippen LogP contribution in [0.5, 0.6) is 5.75 Å². The van der Waals surface area contributed by atoms with Crippen LogP contribution >= 0.6 is 0 Å². The lowest BCUT2D eigenvalue weighted by Gasteiger charge is -2.21. The highest BCUT2D eigenvalue weighted by Crippen LogP contribution is 2.25. The lowest BCUT2D eigenvalue weighted by atomic mass is 9.95. The van der Waals surface area contributed by atoms with Crippen molar-refractivity contribution in [3.8, 4) is 11.8 Å². The molecule has 4 rings (SSSR count). The fourth-order valence-corrected chi connectivity index (χ4v) is 4.43. The Morgan fingerprint density at radius 1 is 1.03 bits per heavy atom. The first-order valence-electron chi connectivity index (χ1n) is 11.8.